The number of thiazole rings is 1. The lowest BCUT2D eigenvalue weighted by molar-refractivity contribution is -0.116. The van der Waals surface area contributed by atoms with E-state index in [0.29, 0.717) is 12.5 Å². The van der Waals surface area contributed by atoms with Gasteiger partial charge >= 0.3 is 0 Å². The van der Waals surface area contributed by atoms with E-state index in [9.17, 15) is 4.79 Å². The Bertz CT molecular complexity index is 375. The average molecular weight is 238 g/mol. The van der Waals surface area contributed by atoms with Crippen LogP contribution in [0.5, 0.6) is 0 Å². The predicted octanol–water partition coefficient (Wildman–Crippen LogP) is 1.91. The number of hydrogen-bond acceptors (Lipinski definition) is 4. The van der Waals surface area contributed by atoms with Gasteiger partial charge < -0.3 is 4.90 Å². The molecular formula is C12H18N2OS. The Morgan fingerprint density at radius 2 is 2.50 bits per heavy atom. The fourth-order valence-corrected chi connectivity index (χ4v) is 3.27. The Morgan fingerprint density at radius 1 is 1.69 bits per heavy atom. The van der Waals surface area contributed by atoms with Crippen LogP contribution in [-0.4, -0.2) is 35.3 Å². The molecule has 1 aromatic heterocycles. The number of carbonyl (C=O) groups is 1. The van der Waals surface area contributed by atoms with Crippen molar-refractivity contribution in [3.8, 4) is 0 Å². The summed E-state index contributed by atoms with van der Waals surface area (Å²) in [6.07, 6.45) is 6.01. The zero-order chi connectivity index (χ0) is 11.5. The molecular weight excluding hydrogens is 220 g/mol. The summed E-state index contributed by atoms with van der Waals surface area (Å²) in [5.74, 6) is 0.216. The standard InChI is InChI=1S/C12H18N2OS/c1-9(15)6-11-8-13-12(16-11)7-10-4-3-5-14(10)2/h8,10H,3-7H2,1-2H3. The van der Waals surface area contributed by atoms with Crippen LogP contribution in [0.3, 0.4) is 0 Å². The topological polar surface area (TPSA) is 33.2 Å². The third kappa shape index (κ3) is 2.89. The van der Waals surface area contributed by atoms with Crippen LogP contribution in [0.4, 0.5) is 0 Å². The molecule has 0 spiro atoms. The molecule has 0 saturated carbocycles. The van der Waals surface area contributed by atoms with E-state index in [2.05, 4.69) is 16.9 Å². The SMILES string of the molecule is CC(=O)Cc1cnc(CC2CCCN2C)s1. The summed E-state index contributed by atoms with van der Waals surface area (Å²) in [6.45, 7) is 2.83. The Kier molecular flexibility index (Phi) is 3.71. The minimum absolute atomic E-state index is 0.216. The van der Waals surface area contributed by atoms with Gasteiger partial charge in [0, 0.05) is 30.0 Å². The summed E-state index contributed by atoms with van der Waals surface area (Å²) in [5.41, 5.74) is 0. The molecule has 0 amide bonds. The van der Waals surface area contributed by atoms with Gasteiger partial charge in [0.25, 0.3) is 0 Å². The highest BCUT2D eigenvalue weighted by Gasteiger charge is 2.22. The number of ketones is 1. The van der Waals surface area contributed by atoms with Gasteiger partial charge in [-0.2, -0.15) is 0 Å². The number of hydrogen-bond donors (Lipinski definition) is 0. The minimum Gasteiger partial charge on any atom is -0.303 e. The Balaban J connectivity index is 1.94. The van der Waals surface area contributed by atoms with Gasteiger partial charge in [0.2, 0.25) is 0 Å². The van der Waals surface area contributed by atoms with Crippen molar-refractivity contribution in [2.24, 2.45) is 0 Å². The molecule has 1 atom stereocenters. The van der Waals surface area contributed by atoms with E-state index in [4.69, 9.17) is 0 Å². The van der Waals surface area contributed by atoms with Gasteiger partial charge in [0.05, 0.1) is 5.01 Å². The highest BCUT2D eigenvalue weighted by atomic mass is 32.1. The summed E-state index contributed by atoms with van der Waals surface area (Å²) in [6, 6.07) is 0.649. The fourth-order valence-electron chi connectivity index (χ4n) is 2.21. The number of carbonyl (C=O) groups excluding carboxylic acids is 1. The molecule has 1 aliphatic rings. The third-order valence-electron chi connectivity index (χ3n) is 3.11. The molecule has 1 unspecified atom stereocenters. The maximum Gasteiger partial charge on any atom is 0.135 e. The largest absolute Gasteiger partial charge is 0.303 e. The average Bonchev–Trinajstić information content (AvgIpc) is 2.77. The quantitative estimate of drug-likeness (QED) is 0.803. The van der Waals surface area contributed by atoms with Gasteiger partial charge in [-0.15, -0.1) is 11.3 Å². The van der Waals surface area contributed by atoms with Crippen molar-refractivity contribution < 1.29 is 4.79 Å². The van der Waals surface area contributed by atoms with E-state index in [0.717, 1.165) is 11.3 Å². The molecule has 1 fully saturated rings. The number of aromatic nitrogens is 1. The van der Waals surface area contributed by atoms with Gasteiger partial charge in [-0.05, 0) is 33.4 Å². The van der Waals surface area contributed by atoms with E-state index in [1.165, 1.54) is 24.4 Å². The highest BCUT2D eigenvalue weighted by Crippen LogP contribution is 2.22. The molecule has 0 aliphatic carbocycles. The number of likely N-dealkylation sites (N-methyl/N-ethyl adjacent to an activating group) is 1. The molecule has 0 radical (unpaired) electrons. The van der Waals surface area contributed by atoms with Crippen molar-refractivity contribution in [2.75, 3.05) is 13.6 Å². The molecule has 88 valence electrons. The van der Waals surface area contributed by atoms with Crippen molar-refractivity contribution >= 4 is 17.1 Å². The van der Waals surface area contributed by atoms with Gasteiger partial charge in [0.1, 0.15) is 5.78 Å². The number of Topliss-reactive ketones (excluding diaryl/α,β-unsaturated/α-hetero) is 1. The normalized spacial score (nSPS) is 21.5. The first kappa shape index (κ1) is 11.7. The minimum atomic E-state index is 0.216. The molecule has 1 aliphatic heterocycles. The Hall–Kier alpha value is -0.740. The van der Waals surface area contributed by atoms with E-state index in [-0.39, 0.29) is 5.78 Å². The van der Waals surface area contributed by atoms with Gasteiger partial charge in [-0.25, -0.2) is 4.98 Å². The molecule has 1 aromatic rings. The van der Waals surface area contributed by atoms with Crippen LogP contribution in [0.2, 0.25) is 0 Å². The second-order valence-corrected chi connectivity index (χ2v) is 5.78. The lowest BCUT2D eigenvalue weighted by atomic mass is 10.1. The van der Waals surface area contributed by atoms with E-state index < -0.39 is 0 Å². The van der Waals surface area contributed by atoms with Crippen LogP contribution < -0.4 is 0 Å². The van der Waals surface area contributed by atoms with Gasteiger partial charge in [-0.3, -0.25) is 4.79 Å². The monoisotopic (exact) mass is 238 g/mol. The smallest absolute Gasteiger partial charge is 0.135 e. The zero-order valence-electron chi connectivity index (χ0n) is 9.90. The molecule has 4 heteroatoms. The van der Waals surface area contributed by atoms with Crippen LogP contribution in [0.25, 0.3) is 0 Å². The first-order chi connectivity index (χ1) is 7.65. The molecule has 1 saturated heterocycles. The van der Waals surface area contributed by atoms with Crippen molar-refractivity contribution in [1.82, 2.24) is 9.88 Å². The summed E-state index contributed by atoms with van der Waals surface area (Å²) in [5, 5.41) is 1.18. The molecule has 0 N–H and O–H groups in total. The summed E-state index contributed by atoms with van der Waals surface area (Å²) >= 11 is 1.69. The van der Waals surface area contributed by atoms with Crippen LogP contribution >= 0.6 is 11.3 Å². The van der Waals surface area contributed by atoms with Crippen LogP contribution in [0, 0.1) is 0 Å². The summed E-state index contributed by atoms with van der Waals surface area (Å²) in [7, 11) is 2.18. The molecule has 0 bridgehead atoms. The molecule has 16 heavy (non-hydrogen) atoms. The Morgan fingerprint density at radius 3 is 3.12 bits per heavy atom. The van der Waals surface area contributed by atoms with Crippen LogP contribution in [-0.2, 0) is 17.6 Å². The second-order valence-electron chi connectivity index (χ2n) is 4.58. The Labute approximate surface area is 100 Å². The molecule has 0 aromatic carbocycles. The fraction of sp³-hybridized carbons (Fsp3) is 0.667. The van der Waals surface area contributed by atoms with Crippen molar-refractivity contribution in [3.63, 3.8) is 0 Å². The predicted molar refractivity (Wildman–Crippen MR) is 65.9 cm³/mol. The first-order valence-electron chi connectivity index (χ1n) is 5.78. The molecule has 3 nitrogen and oxygen atoms in total. The molecule has 2 heterocycles. The number of nitrogens with zero attached hydrogens (tertiary/aromatic N) is 2. The van der Waals surface area contributed by atoms with Gasteiger partial charge in [-0.1, -0.05) is 0 Å². The van der Waals surface area contributed by atoms with E-state index >= 15 is 0 Å². The lowest BCUT2D eigenvalue weighted by Gasteiger charge is -2.17. The summed E-state index contributed by atoms with van der Waals surface area (Å²) < 4.78 is 0. The van der Waals surface area contributed by atoms with Crippen LogP contribution in [0.15, 0.2) is 6.20 Å². The zero-order valence-corrected chi connectivity index (χ0v) is 10.7. The maximum atomic E-state index is 11.0. The van der Waals surface area contributed by atoms with E-state index in [1.807, 2.05) is 6.20 Å². The highest BCUT2D eigenvalue weighted by molar-refractivity contribution is 7.11. The van der Waals surface area contributed by atoms with Crippen LogP contribution in [0.1, 0.15) is 29.7 Å². The van der Waals surface area contributed by atoms with Crippen molar-refractivity contribution in [3.05, 3.63) is 16.1 Å². The summed E-state index contributed by atoms with van der Waals surface area (Å²) in [4.78, 5) is 18.9. The number of likely N-dealkylation sites (tertiary alicyclic amines) is 1. The molecule has 2 rings (SSSR count). The van der Waals surface area contributed by atoms with Gasteiger partial charge in [0.15, 0.2) is 0 Å². The van der Waals surface area contributed by atoms with Crippen molar-refractivity contribution in [1.29, 1.82) is 0 Å². The third-order valence-corrected chi connectivity index (χ3v) is 4.13. The van der Waals surface area contributed by atoms with Crippen molar-refractivity contribution in [2.45, 2.75) is 38.6 Å². The maximum absolute atomic E-state index is 11.0. The first-order valence-corrected chi connectivity index (χ1v) is 6.60. The lowest BCUT2D eigenvalue weighted by Crippen LogP contribution is -2.26. The van der Waals surface area contributed by atoms with E-state index in [1.54, 1.807) is 18.3 Å². The number of rotatable bonds is 4. The second kappa shape index (κ2) is 5.06.